The van der Waals surface area contributed by atoms with E-state index in [1.54, 1.807) is 18.2 Å². The SMILES string of the molecule is CCCCC(CC)CNS(=O)(=O)c1ccc(C)c(CO)c1. The molecule has 0 aliphatic heterocycles. The van der Waals surface area contributed by atoms with Gasteiger partial charge in [0.25, 0.3) is 0 Å². The average Bonchev–Trinajstić information content (AvgIpc) is 2.47. The molecule has 1 rings (SSSR count). The summed E-state index contributed by atoms with van der Waals surface area (Å²) >= 11 is 0. The second kappa shape index (κ2) is 8.51. The highest BCUT2D eigenvalue weighted by Gasteiger charge is 2.17. The zero-order chi connectivity index (χ0) is 15.9. The highest BCUT2D eigenvalue weighted by Crippen LogP contribution is 2.17. The lowest BCUT2D eigenvalue weighted by molar-refractivity contribution is 0.280. The van der Waals surface area contributed by atoms with E-state index in [0.717, 1.165) is 31.2 Å². The molecule has 0 saturated heterocycles. The van der Waals surface area contributed by atoms with Gasteiger partial charge >= 0.3 is 0 Å². The van der Waals surface area contributed by atoms with Gasteiger partial charge in [-0.1, -0.05) is 39.2 Å². The molecule has 21 heavy (non-hydrogen) atoms. The molecule has 0 aromatic heterocycles. The van der Waals surface area contributed by atoms with Crippen LogP contribution in [0, 0.1) is 12.8 Å². The number of hydrogen-bond donors (Lipinski definition) is 2. The van der Waals surface area contributed by atoms with Crippen molar-refractivity contribution in [2.24, 2.45) is 5.92 Å². The molecule has 1 atom stereocenters. The van der Waals surface area contributed by atoms with Crippen LogP contribution < -0.4 is 4.72 Å². The predicted octanol–water partition coefficient (Wildman–Crippen LogP) is 2.98. The Bertz CT molecular complexity index is 540. The zero-order valence-corrected chi connectivity index (χ0v) is 14.0. The lowest BCUT2D eigenvalue weighted by Gasteiger charge is -2.16. The third kappa shape index (κ3) is 5.41. The predicted molar refractivity (Wildman–Crippen MR) is 85.6 cm³/mol. The lowest BCUT2D eigenvalue weighted by atomic mass is 10.00. The minimum Gasteiger partial charge on any atom is -0.392 e. The van der Waals surface area contributed by atoms with Gasteiger partial charge in [-0.25, -0.2) is 13.1 Å². The Morgan fingerprint density at radius 2 is 2.00 bits per heavy atom. The van der Waals surface area contributed by atoms with Crippen molar-refractivity contribution in [1.29, 1.82) is 0 Å². The first kappa shape index (κ1) is 18.1. The molecule has 5 heteroatoms. The number of aryl methyl sites for hydroxylation is 1. The van der Waals surface area contributed by atoms with Crippen molar-refractivity contribution in [2.45, 2.75) is 58.0 Å². The largest absolute Gasteiger partial charge is 0.392 e. The summed E-state index contributed by atoms with van der Waals surface area (Å²) < 4.78 is 27.3. The Morgan fingerprint density at radius 1 is 1.29 bits per heavy atom. The van der Waals surface area contributed by atoms with E-state index in [0.29, 0.717) is 18.0 Å². The van der Waals surface area contributed by atoms with Crippen LogP contribution >= 0.6 is 0 Å². The van der Waals surface area contributed by atoms with E-state index >= 15 is 0 Å². The molecule has 0 saturated carbocycles. The van der Waals surface area contributed by atoms with Gasteiger partial charge in [-0.15, -0.1) is 0 Å². The van der Waals surface area contributed by atoms with Gasteiger partial charge in [-0.05, 0) is 42.5 Å². The molecule has 0 aliphatic rings. The summed E-state index contributed by atoms with van der Waals surface area (Å²) in [6, 6.07) is 4.86. The molecular formula is C16H27NO3S. The summed E-state index contributed by atoms with van der Waals surface area (Å²) in [6.07, 6.45) is 4.27. The molecule has 4 nitrogen and oxygen atoms in total. The third-order valence-electron chi connectivity index (χ3n) is 3.91. The summed E-state index contributed by atoms with van der Waals surface area (Å²) in [7, 11) is -3.50. The minimum absolute atomic E-state index is 0.150. The summed E-state index contributed by atoms with van der Waals surface area (Å²) in [6.45, 7) is 6.40. The number of nitrogens with one attached hydrogen (secondary N) is 1. The molecule has 0 amide bonds. The second-order valence-corrected chi connectivity index (χ2v) is 7.28. The van der Waals surface area contributed by atoms with Gasteiger partial charge in [-0.2, -0.15) is 0 Å². The van der Waals surface area contributed by atoms with Crippen LogP contribution in [0.15, 0.2) is 23.1 Å². The lowest BCUT2D eigenvalue weighted by Crippen LogP contribution is -2.29. The molecule has 2 N–H and O–H groups in total. The van der Waals surface area contributed by atoms with Crippen LogP contribution in [0.3, 0.4) is 0 Å². The standard InChI is InChI=1S/C16H27NO3S/c1-4-6-7-14(5-2)11-17-21(19,20)16-9-8-13(3)15(10-16)12-18/h8-10,14,17-18H,4-7,11-12H2,1-3H3. The summed E-state index contributed by atoms with van der Waals surface area (Å²) in [4.78, 5) is 0.225. The maximum Gasteiger partial charge on any atom is 0.240 e. The van der Waals surface area contributed by atoms with Gasteiger partial charge in [0, 0.05) is 6.54 Å². The normalized spacial score (nSPS) is 13.3. The van der Waals surface area contributed by atoms with Gasteiger partial charge in [0.15, 0.2) is 0 Å². The number of aliphatic hydroxyl groups excluding tert-OH is 1. The number of benzene rings is 1. The van der Waals surface area contributed by atoms with Crippen molar-refractivity contribution < 1.29 is 13.5 Å². The van der Waals surface area contributed by atoms with Gasteiger partial charge in [0.2, 0.25) is 10.0 Å². The molecule has 0 fully saturated rings. The first-order valence-corrected chi connectivity index (χ1v) is 9.13. The average molecular weight is 313 g/mol. The van der Waals surface area contributed by atoms with Crippen molar-refractivity contribution in [1.82, 2.24) is 4.72 Å². The van der Waals surface area contributed by atoms with Gasteiger partial charge in [0.1, 0.15) is 0 Å². The fourth-order valence-corrected chi connectivity index (χ4v) is 3.41. The molecule has 120 valence electrons. The van der Waals surface area contributed by atoms with E-state index < -0.39 is 10.0 Å². The van der Waals surface area contributed by atoms with Crippen molar-refractivity contribution in [3.63, 3.8) is 0 Å². The van der Waals surface area contributed by atoms with Crippen LogP contribution in [0.2, 0.25) is 0 Å². The fraction of sp³-hybridized carbons (Fsp3) is 0.625. The monoisotopic (exact) mass is 313 g/mol. The number of rotatable bonds is 9. The Balaban J connectivity index is 2.77. The molecule has 0 radical (unpaired) electrons. The molecule has 0 bridgehead atoms. The molecule has 0 heterocycles. The van der Waals surface area contributed by atoms with Crippen molar-refractivity contribution in [3.8, 4) is 0 Å². The number of unbranched alkanes of at least 4 members (excludes halogenated alkanes) is 1. The van der Waals surface area contributed by atoms with E-state index in [4.69, 9.17) is 0 Å². The summed E-state index contributed by atoms with van der Waals surface area (Å²) in [5, 5.41) is 9.25. The third-order valence-corrected chi connectivity index (χ3v) is 5.33. The van der Waals surface area contributed by atoms with E-state index in [9.17, 15) is 13.5 Å². The Kier molecular flexibility index (Phi) is 7.35. The second-order valence-electron chi connectivity index (χ2n) is 5.51. The summed E-state index contributed by atoms with van der Waals surface area (Å²) in [5.74, 6) is 0.377. The van der Waals surface area contributed by atoms with Gasteiger partial charge in [0.05, 0.1) is 11.5 Å². The van der Waals surface area contributed by atoms with Crippen molar-refractivity contribution >= 4 is 10.0 Å². The van der Waals surface area contributed by atoms with Crippen LogP contribution in [0.5, 0.6) is 0 Å². The topological polar surface area (TPSA) is 66.4 Å². The molecule has 0 spiro atoms. The van der Waals surface area contributed by atoms with Crippen LogP contribution in [0.25, 0.3) is 0 Å². The van der Waals surface area contributed by atoms with Gasteiger partial charge < -0.3 is 5.11 Å². The van der Waals surface area contributed by atoms with Crippen LogP contribution in [0.4, 0.5) is 0 Å². The van der Waals surface area contributed by atoms with E-state index in [-0.39, 0.29) is 11.5 Å². The fourth-order valence-electron chi connectivity index (χ4n) is 2.24. The van der Waals surface area contributed by atoms with Gasteiger partial charge in [-0.3, -0.25) is 0 Å². The van der Waals surface area contributed by atoms with E-state index in [2.05, 4.69) is 18.6 Å². The highest BCUT2D eigenvalue weighted by atomic mass is 32.2. The number of sulfonamides is 1. The summed E-state index contributed by atoms with van der Waals surface area (Å²) in [5.41, 5.74) is 1.54. The van der Waals surface area contributed by atoms with E-state index in [1.807, 2.05) is 6.92 Å². The van der Waals surface area contributed by atoms with Crippen LogP contribution in [-0.2, 0) is 16.6 Å². The van der Waals surface area contributed by atoms with Crippen molar-refractivity contribution in [2.75, 3.05) is 6.54 Å². The Hall–Kier alpha value is -0.910. The Labute approximate surface area is 128 Å². The van der Waals surface area contributed by atoms with E-state index in [1.165, 1.54) is 0 Å². The maximum atomic E-state index is 12.3. The molecule has 1 aromatic carbocycles. The molecule has 0 aliphatic carbocycles. The molecule has 1 unspecified atom stereocenters. The smallest absolute Gasteiger partial charge is 0.240 e. The first-order valence-electron chi connectivity index (χ1n) is 7.64. The quantitative estimate of drug-likeness (QED) is 0.736. The van der Waals surface area contributed by atoms with Crippen LogP contribution in [0.1, 0.15) is 50.7 Å². The van der Waals surface area contributed by atoms with Crippen molar-refractivity contribution in [3.05, 3.63) is 29.3 Å². The van der Waals surface area contributed by atoms with Crippen LogP contribution in [-0.4, -0.2) is 20.1 Å². The number of aliphatic hydroxyl groups is 1. The Morgan fingerprint density at radius 3 is 2.57 bits per heavy atom. The molecule has 1 aromatic rings. The number of hydrogen-bond acceptors (Lipinski definition) is 3. The molecular weight excluding hydrogens is 286 g/mol. The first-order chi connectivity index (χ1) is 9.94. The zero-order valence-electron chi connectivity index (χ0n) is 13.2. The minimum atomic E-state index is -3.50. The maximum absolute atomic E-state index is 12.3. The highest BCUT2D eigenvalue weighted by molar-refractivity contribution is 7.89.